The molecule has 1 aliphatic carbocycles. The number of esters is 1. The van der Waals surface area contributed by atoms with Gasteiger partial charge in [0, 0.05) is 10.2 Å². The Bertz CT molecular complexity index is 465. The van der Waals surface area contributed by atoms with Crippen LogP contribution in [-0.2, 0) is 4.74 Å². The van der Waals surface area contributed by atoms with E-state index in [-0.39, 0.29) is 12.1 Å². The monoisotopic (exact) mass is 325 g/mol. The van der Waals surface area contributed by atoms with Crippen LogP contribution in [0.1, 0.15) is 43.5 Å². The number of rotatable bonds is 2. The van der Waals surface area contributed by atoms with Gasteiger partial charge in [0.2, 0.25) is 0 Å². The zero-order valence-corrected chi connectivity index (χ0v) is 12.9. The van der Waals surface area contributed by atoms with Crippen molar-refractivity contribution in [2.24, 2.45) is 11.8 Å². The number of benzene rings is 1. The second-order valence-corrected chi connectivity index (χ2v) is 6.54. The van der Waals surface area contributed by atoms with Gasteiger partial charge in [-0.2, -0.15) is 0 Å². The van der Waals surface area contributed by atoms with Crippen LogP contribution in [-0.4, -0.2) is 12.1 Å². The number of anilines is 1. The van der Waals surface area contributed by atoms with Crippen molar-refractivity contribution >= 4 is 27.6 Å². The van der Waals surface area contributed by atoms with Gasteiger partial charge in [-0.25, -0.2) is 4.79 Å². The van der Waals surface area contributed by atoms with Gasteiger partial charge in [-0.1, -0.05) is 13.8 Å². The first-order chi connectivity index (χ1) is 8.95. The van der Waals surface area contributed by atoms with Gasteiger partial charge in [0.05, 0.1) is 5.56 Å². The van der Waals surface area contributed by atoms with Gasteiger partial charge in [0.15, 0.2) is 0 Å². The van der Waals surface area contributed by atoms with Gasteiger partial charge in [0.25, 0.3) is 0 Å². The first-order valence-corrected chi connectivity index (χ1v) is 7.51. The molecule has 19 heavy (non-hydrogen) atoms. The highest BCUT2D eigenvalue weighted by atomic mass is 79.9. The summed E-state index contributed by atoms with van der Waals surface area (Å²) in [5.74, 6) is 0.946. The molecule has 2 N–H and O–H groups in total. The van der Waals surface area contributed by atoms with Crippen LogP contribution >= 0.6 is 15.9 Å². The molecule has 2 unspecified atom stereocenters. The molecule has 1 saturated carbocycles. The molecular formula is C15H20BrNO2. The zero-order valence-electron chi connectivity index (χ0n) is 11.4. The number of halogens is 1. The van der Waals surface area contributed by atoms with Crippen LogP contribution in [0.25, 0.3) is 0 Å². The highest BCUT2D eigenvalue weighted by molar-refractivity contribution is 9.10. The van der Waals surface area contributed by atoms with Gasteiger partial charge >= 0.3 is 5.97 Å². The van der Waals surface area contributed by atoms with Crippen molar-refractivity contribution in [1.82, 2.24) is 0 Å². The lowest BCUT2D eigenvalue weighted by molar-refractivity contribution is 0.00797. The predicted molar refractivity (Wildman–Crippen MR) is 79.9 cm³/mol. The molecule has 2 atom stereocenters. The van der Waals surface area contributed by atoms with Crippen LogP contribution < -0.4 is 5.73 Å². The summed E-state index contributed by atoms with van der Waals surface area (Å²) in [5, 5.41) is 0. The Morgan fingerprint density at radius 3 is 2.53 bits per heavy atom. The lowest BCUT2D eigenvalue weighted by Crippen LogP contribution is -2.28. The molecule has 1 aliphatic rings. The van der Waals surface area contributed by atoms with E-state index in [9.17, 15) is 4.79 Å². The number of hydrogen-bond donors (Lipinski definition) is 1. The second-order valence-electron chi connectivity index (χ2n) is 5.68. The normalized spacial score (nSPS) is 27.0. The highest BCUT2D eigenvalue weighted by Crippen LogP contribution is 2.31. The van der Waals surface area contributed by atoms with Crippen molar-refractivity contribution in [1.29, 1.82) is 0 Å². The summed E-state index contributed by atoms with van der Waals surface area (Å²) in [6, 6.07) is 5.19. The van der Waals surface area contributed by atoms with Gasteiger partial charge in [-0.15, -0.1) is 0 Å². The summed E-state index contributed by atoms with van der Waals surface area (Å²) in [7, 11) is 0. The third-order valence-electron chi connectivity index (χ3n) is 3.62. The molecule has 3 nitrogen and oxygen atoms in total. The number of nitrogens with two attached hydrogens (primary N) is 1. The Hall–Kier alpha value is -1.03. The molecule has 0 aliphatic heterocycles. The minimum Gasteiger partial charge on any atom is -0.459 e. The minimum absolute atomic E-state index is 0.0274. The topological polar surface area (TPSA) is 52.3 Å². The van der Waals surface area contributed by atoms with Gasteiger partial charge in [-0.05, 0) is 65.2 Å². The Morgan fingerprint density at radius 2 is 1.89 bits per heavy atom. The Balaban J connectivity index is 2.06. The van der Waals surface area contributed by atoms with Crippen LogP contribution in [0.15, 0.2) is 22.7 Å². The van der Waals surface area contributed by atoms with Crippen LogP contribution in [0.4, 0.5) is 5.69 Å². The van der Waals surface area contributed by atoms with E-state index in [2.05, 4.69) is 29.8 Å². The molecule has 2 rings (SSSR count). The molecule has 0 saturated heterocycles. The number of ether oxygens (including phenoxy) is 1. The molecule has 1 aromatic carbocycles. The lowest BCUT2D eigenvalue weighted by Gasteiger charge is -2.31. The molecule has 0 amide bonds. The van der Waals surface area contributed by atoms with E-state index in [0.29, 0.717) is 23.1 Å². The maximum absolute atomic E-state index is 12.2. The minimum atomic E-state index is -0.287. The average Bonchev–Trinajstić information content (AvgIpc) is 2.30. The van der Waals surface area contributed by atoms with E-state index in [4.69, 9.17) is 10.5 Å². The summed E-state index contributed by atoms with van der Waals surface area (Å²) in [6.07, 6.45) is 3.15. The summed E-state index contributed by atoms with van der Waals surface area (Å²) in [4.78, 5) is 12.2. The predicted octanol–water partition coefficient (Wildman–Crippen LogP) is 4.01. The summed E-state index contributed by atoms with van der Waals surface area (Å²) >= 11 is 3.36. The van der Waals surface area contributed by atoms with E-state index in [1.165, 1.54) is 6.42 Å². The number of nitrogen functional groups attached to an aromatic ring is 1. The number of carbonyl (C=O) groups excluding carboxylic acids is 1. The fraction of sp³-hybridized carbons (Fsp3) is 0.533. The van der Waals surface area contributed by atoms with E-state index in [0.717, 1.165) is 17.3 Å². The molecule has 0 aromatic heterocycles. The molecule has 4 heteroatoms. The zero-order chi connectivity index (χ0) is 14.0. The Labute approximate surface area is 122 Å². The fourth-order valence-corrected chi connectivity index (χ4v) is 3.29. The maximum Gasteiger partial charge on any atom is 0.339 e. The standard InChI is InChI=1S/C15H20BrNO2/c1-9-5-10(2)7-12(6-9)19-15(18)13-8-11(17)3-4-14(13)16/h3-4,8-10,12H,5-7,17H2,1-2H3. The lowest BCUT2D eigenvalue weighted by atomic mass is 9.82. The highest BCUT2D eigenvalue weighted by Gasteiger charge is 2.27. The van der Waals surface area contributed by atoms with Gasteiger partial charge in [-0.3, -0.25) is 0 Å². The molecule has 1 aromatic rings. The summed E-state index contributed by atoms with van der Waals surface area (Å²) in [5.41, 5.74) is 6.79. The van der Waals surface area contributed by atoms with Crippen molar-refractivity contribution in [3.05, 3.63) is 28.2 Å². The van der Waals surface area contributed by atoms with Gasteiger partial charge in [0.1, 0.15) is 6.10 Å². The van der Waals surface area contributed by atoms with E-state index in [1.807, 2.05) is 0 Å². The fourth-order valence-electron chi connectivity index (χ4n) is 2.88. The van der Waals surface area contributed by atoms with Gasteiger partial charge < -0.3 is 10.5 Å². The molecule has 1 fully saturated rings. The quantitative estimate of drug-likeness (QED) is 0.660. The molecular weight excluding hydrogens is 306 g/mol. The molecule has 0 bridgehead atoms. The molecule has 0 spiro atoms. The molecule has 0 radical (unpaired) electrons. The average molecular weight is 326 g/mol. The van der Waals surface area contributed by atoms with Crippen LogP contribution in [0.2, 0.25) is 0 Å². The Morgan fingerprint density at radius 1 is 1.26 bits per heavy atom. The Kier molecular flexibility index (Phi) is 4.50. The van der Waals surface area contributed by atoms with Crippen LogP contribution in [0.5, 0.6) is 0 Å². The maximum atomic E-state index is 12.2. The van der Waals surface area contributed by atoms with E-state index in [1.54, 1.807) is 18.2 Å². The van der Waals surface area contributed by atoms with Crippen molar-refractivity contribution in [2.75, 3.05) is 5.73 Å². The van der Waals surface area contributed by atoms with E-state index < -0.39 is 0 Å². The summed E-state index contributed by atoms with van der Waals surface area (Å²) in [6.45, 7) is 4.43. The third kappa shape index (κ3) is 3.72. The SMILES string of the molecule is CC1CC(C)CC(OC(=O)c2cc(N)ccc2Br)C1. The first kappa shape index (κ1) is 14.4. The number of hydrogen-bond acceptors (Lipinski definition) is 3. The third-order valence-corrected chi connectivity index (χ3v) is 4.31. The molecule has 104 valence electrons. The second kappa shape index (κ2) is 5.95. The first-order valence-electron chi connectivity index (χ1n) is 6.71. The largest absolute Gasteiger partial charge is 0.459 e. The van der Waals surface area contributed by atoms with Crippen molar-refractivity contribution < 1.29 is 9.53 Å². The van der Waals surface area contributed by atoms with Crippen LogP contribution in [0, 0.1) is 11.8 Å². The van der Waals surface area contributed by atoms with E-state index >= 15 is 0 Å². The van der Waals surface area contributed by atoms with Crippen LogP contribution in [0.3, 0.4) is 0 Å². The van der Waals surface area contributed by atoms with Crippen molar-refractivity contribution in [3.8, 4) is 0 Å². The van der Waals surface area contributed by atoms with Crippen molar-refractivity contribution in [2.45, 2.75) is 39.2 Å². The van der Waals surface area contributed by atoms with Crippen molar-refractivity contribution in [3.63, 3.8) is 0 Å². The summed E-state index contributed by atoms with van der Waals surface area (Å²) < 4.78 is 6.36. The molecule has 0 heterocycles. The smallest absolute Gasteiger partial charge is 0.339 e. The number of carbonyl (C=O) groups is 1.